The number of carbonyl (C=O) groups is 1. The molecule has 2 rings (SSSR count). The zero-order valence-electron chi connectivity index (χ0n) is 8.72. The zero-order valence-corrected chi connectivity index (χ0v) is 8.72. The van der Waals surface area contributed by atoms with E-state index in [2.05, 4.69) is 9.97 Å². The molecular formula is C12H12N2O2. The number of hydrogen-bond donors (Lipinski definition) is 1. The average molecular weight is 216 g/mol. The van der Waals surface area contributed by atoms with Crippen molar-refractivity contribution in [3.05, 3.63) is 53.6 Å². The summed E-state index contributed by atoms with van der Waals surface area (Å²) in [5.74, 6) is 0.332. The Balaban J connectivity index is 1.82. The van der Waals surface area contributed by atoms with Gasteiger partial charge in [-0.1, -0.05) is 30.3 Å². The van der Waals surface area contributed by atoms with Crippen LogP contribution in [0.25, 0.3) is 0 Å². The molecule has 0 amide bonds. The average Bonchev–Trinajstić information content (AvgIpc) is 2.78. The fraction of sp³-hybridized carbons (Fsp3) is 0.167. The molecule has 82 valence electrons. The molecule has 0 saturated heterocycles. The Morgan fingerprint density at radius 1 is 1.25 bits per heavy atom. The number of ether oxygens (including phenoxy) is 1. The third-order valence-corrected chi connectivity index (χ3v) is 2.12. The van der Waals surface area contributed by atoms with Gasteiger partial charge in [-0.15, -0.1) is 0 Å². The number of carbonyl (C=O) groups excluding carboxylic acids is 1. The molecule has 0 saturated carbocycles. The molecule has 0 bridgehead atoms. The molecule has 0 spiro atoms. The van der Waals surface area contributed by atoms with Crippen molar-refractivity contribution in [1.82, 2.24) is 9.97 Å². The molecule has 0 aliphatic heterocycles. The fourth-order valence-electron chi connectivity index (χ4n) is 1.36. The third kappa shape index (κ3) is 2.77. The smallest absolute Gasteiger partial charge is 0.185 e. The number of H-pyrrole nitrogens is 1. The number of aromatic nitrogens is 2. The summed E-state index contributed by atoms with van der Waals surface area (Å²) in [4.78, 5) is 17.1. The van der Waals surface area contributed by atoms with Crippen LogP contribution < -0.4 is 0 Å². The van der Waals surface area contributed by atoms with Gasteiger partial charge in [0.1, 0.15) is 0 Å². The Labute approximate surface area is 93.3 Å². The lowest BCUT2D eigenvalue weighted by atomic mass is 10.2. The highest BCUT2D eigenvalue weighted by Crippen LogP contribution is 2.03. The molecule has 0 aliphatic rings. The Morgan fingerprint density at radius 2 is 2.06 bits per heavy atom. The molecule has 16 heavy (non-hydrogen) atoms. The SMILES string of the molecule is O=Cc1nc(COCc2ccccc2)c[nH]1. The van der Waals surface area contributed by atoms with Crippen LogP contribution in [0.5, 0.6) is 0 Å². The maximum Gasteiger partial charge on any atom is 0.185 e. The molecule has 0 atom stereocenters. The first-order valence-corrected chi connectivity index (χ1v) is 4.99. The number of nitrogens with zero attached hydrogens (tertiary/aromatic N) is 1. The van der Waals surface area contributed by atoms with Crippen molar-refractivity contribution in [2.24, 2.45) is 0 Å². The Morgan fingerprint density at radius 3 is 2.75 bits per heavy atom. The highest BCUT2D eigenvalue weighted by molar-refractivity contribution is 5.68. The fourth-order valence-corrected chi connectivity index (χ4v) is 1.36. The summed E-state index contributed by atoms with van der Waals surface area (Å²) >= 11 is 0. The topological polar surface area (TPSA) is 55.0 Å². The van der Waals surface area contributed by atoms with E-state index in [1.165, 1.54) is 0 Å². The summed E-state index contributed by atoms with van der Waals surface area (Å²) in [5.41, 5.74) is 1.85. The minimum absolute atomic E-state index is 0.332. The monoisotopic (exact) mass is 216 g/mol. The van der Waals surface area contributed by atoms with E-state index in [-0.39, 0.29) is 0 Å². The highest BCUT2D eigenvalue weighted by Gasteiger charge is 1.99. The van der Waals surface area contributed by atoms with Gasteiger partial charge in [0.05, 0.1) is 18.9 Å². The molecule has 1 heterocycles. The lowest BCUT2D eigenvalue weighted by molar-refractivity contribution is 0.104. The van der Waals surface area contributed by atoms with Gasteiger partial charge < -0.3 is 9.72 Å². The van der Waals surface area contributed by atoms with Crippen molar-refractivity contribution in [1.29, 1.82) is 0 Å². The molecular weight excluding hydrogens is 204 g/mol. The standard InChI is InChI=1S/C12H12N2O2/c15-7-12-13-6-11(14-12)9-16-8-10-4-2-1-3-5-10/h1-7H,8-9H2,(H,13,14). The predicted molar refractivity (Wildman–Crippen MR) is 58.9 cm³/mol. The van der Waals surface area contributed by atoms with Crippen molar-refractivity contribution >= 4 is 6.29 Å². The molecule has 1 aromatic carbocycles. The van der Waals surface area contributed by atoms with Gasteiger partial charge in [0.25, 0.3) is 0 Å². The number of imidazole rings is 1. The zero-order chi connectivity index (χ0) is 11.2. The minimum Gasteiger partial charge on any atom is -0.370 e. The number of aldehydes is 1. The van der Waals surface area contributed by atoms with E-state index in [4.69, 9.17) is 4.74 Å². The van der Waals surface area contributed by atoms with Gasteiger partial charge >= 0.3 is 0 Å². The van der Waals surface area contributed by atoms with Crippen molar-refractivity contribution in [3.63, 3.8) is 0 Å². The van der Waals surface area contributed by atoms with Crippen LogP contribution in [-0.2, 0) is 18.0 Å². The van der Waals surface area contributed by atoms with E-state index in [0.29, 0.717) is 25.3 Å². The summed E-state index contributed by atoms with van der Waals surface area (Å²) in [6, 6.07) is 9.91. The Kier molecular flexibility index (Phi) is 3.46. The van der Waals surface area contributed by atoms with Crippen LogP contribution in [0.15, 0.2) is 36.5 Å². The molecule has 0 fully saturated rings. The van der Waals surface area contributed by atoms with Gasteiger partial charge in [-0.25, -0.2) is 4.98 Å². The van der Waals surface area contributed by atoms with E-state index in [1.807, 2.05) is 30.3 Å². The first kappa shape index (κ1) is 10.6. The molecule has 0 unspecified atom stereocenters. The van der Waals surface area contributed by atoms with Crippen molar-refractivity contribution in [2.75, 3.05) is 0 Å². The largest absolute Gasteiger partial charge is 0.370 e. The number of rotatable bonds is 5. The Bertz CT molecular complexity index is 451. The number of aromatic amines is 1. The summed E-state index contributed by atoms with van der Waals surface area (Å²) in [7, 11) is 0. The lowest BCUT2D eigenvalue weighted by Gasteiger charge is -2.01. The molecule has 4 nitrogen and oxygen atoms in total. The van der Waals surface area contributed by atoms with Crippen LogP contribution in [-0.4, -0.2) is 16.3 Å². The summed E-state index contributed by atoms with van der Waals surface area (Å²) in [5, 5.41) is 0. The van der Waals surface area contributed by atoms with Crippen LogP contribution in [0.3, 0.4) is 0 Å². The van der Waals surface area contributed by atoms with Gasteiger partial charge in [0.2, 0.25) is 0 Å². The second-order valence-corrected chi connectivity index (χ2v) is 3.37. The molecule has 4 heteroatoms. The van der Waals surface area contributed by atoms with Gasteiger partial charge in [0.15, 0.2) is 12.1 Å². The highest BCUT2D eigenvalue weighted by atomic mass is 16.5. The summed E-state index contributed by atoms with van der Waals surface area (Å²) in [6.45, 7) is 0.948. The molecule has 0 aliphatic carbocycles. The normalized spacial score (nSPS) is 10.2. The van der Waals surface area contributed by atoms with Crippen LogP contribution in [0.4, 0.5) is 0 Å². The second kappa shape index (κ2) is 5.23. The van der Waals surface area contributed by atoms with Gasteiger partial charge in [0, 0.05) is 6.20 Å². The van der Waals surface area contributed by atoms with Crippen molar-refractivity contribution in [3.8, 4) is 0 Å². The second-order valence-electron chi connectivity index (χ2n) is 3.37. The van der Waals surface area contributed by atoms with Crippen LogP contribution in [0.1, 0.15) is 21.9 Å². The van der Waals surface area contributed by atoms with Crippen molar-refractivity contribution < 1.29 is 9.53 Å². The van der Waals surface area contributed by atoms with E-state index >= 15 is 0 Å². The van der Waals surface area contributed by atoms with Gasteiger partial charge in [-0.2, -0.15) is 0 Å². The van der Waals surface area contributed by atoms with E-state index in [9.17, 15) is 4.79 Å². The van der Waals surface area contributed by atoms with Crippen LogP contribution in [0, 0.1) is 0 Å². The summed E-state index contributed by atoms with van der Waals surface area (Å²) < 4.78 is 5.47. The third-order valence-electron chi connectivity index (χ3n) is 2.12. The molecule has 1 N–H and O–H groups in total. The number of hydrogen-bond acceptors (Lipinski definition) is 3. The van der Waals surface area contributed by atoms with Crippen LogP contribution in [0.2, 0.25) is 0 Å². The number of benzene rings is 1. The minimum atomic E-state index is 0.332. The van der Waals surface area contributed by atoms with Gasteiger partial charge in [-0.05, 0) is 5.56 Å². The molecule has 2 aromatic rings. The maximum absolute atomic E-state index is 10.4. The van der Waals surface area contributed by atoms with Crippen LogP contribution >= 0.6 is 0 Å². The van der Waals surface area contributed by atoms with E-state index < -0.39 is 0 Å². The first-order valence-electron chi connectivity index (χ1n) is 4.99. The number of nitrogens with one attached hydrogen (secondary N) is 1. The van der Waals surface area contributed by atoms with Crippen molar-refractivity contribution in [2.45, 2.75) is 13.2 Å². The first-order chi connectivity index (χ1) is 7.88. The maximum atomic E-state index is 10.4. The van der Waals surface area contributed by atoms with Gasteiger partial charge in [-0.3, -0.25) is 4.79 Å². The molecule has 0 radical (unpaired) electrons. The summed E-state index contributed by atoms with van der Waals surface area (Å²) in [6.07, 6.45) is 2.36. The molecule has 1 aromatic heterocycles. The quantitative estimate of drug-likeness (QED) is 0.777. The van der Waals surface area contributed by atoms with E-state index in [0.717, 1.165) is 11.3 Å². The van der Waals surface area contributed by atoms with E-state index in [1.54, 1.807) is 6.20 Å². The Hall–Kier alpha value is -1.94. The predicted octanol–water partition coefficient (Wildman–Crippen LogP) is 1.94. The lowest BCUT2D eigenvalue weighted by Crippen LogP contribution is -1.94.